The van der Waals surface area contributed by atoms with Gasteiger partial charge >= 0.3 is 0 Å². The Morgan fingerprint density at radius 2 is 2.35 bits per heavy atom. The Bertz CT molecular complexity index is 558. The molecular formula is C12H13BrN2O4S. The van der Waals surface area contributed by atoms with E-state index in [9.17, 15) is 14.4 Å². The molecule has 6 nitrogen and oxygen atoms in total. The molecule has 2 heterocycles. The number of ether oxygens (including phenoxy) is 1. The van der Waals surface area contributed by atoms with Crippen LogP contribution >= 0.6 is 27.3 Å². The number of imide groups is 1. The number of methoxy groups -OCH3 is 1. The molecule has 8 heteroatoms. The summed E-state index contributed by atoms with van der Waals surface area (Å²) in [5.41, 5.74) is 0.758. The maximum atomic E-state index is 11.9. The number of amides is 3. The third-order valence-electron chi connectivity index (χ3n) is 2.85. The molecule has 3 amide bonds. The molecule has 1 unspecified atom stereocenters. The standard InChI is InChI=1S/C12H13BrN2O4S/c1-19-12-6(4-8(13)20-12)5-10(17)14-7-2-3-9(16)15-11(7)18/h4,7H,2-3,5H2,1H3,(H,14,17)(H,15,16,18). The van der Waals surface area contributed by atoms with Crippen LogP contribution in [0.2, 0.25) is 0 Å². The third kappa shape index (κ3) is 3.57. The normalized spacial score (nSPS) is 18.6. The Labute approximate surface area is 128 Å². The molecule has 0 aromatic carbocycles. The first-order valence-corrected chi connectivity index (χ1v) is 7.56. The molecule has 0 spiro atoms. The number of thiophene rings is 1. The second-order valence-electron chi connectivity index (χ2n) is 4.32. The molecule has 1 aromatic rings. The van der Waals surface area contributed by atoms with E-state index in [-0.39, 0.29) is 24.7 Å². The van der Waals surface area contributed by atoms with Gasteiger partial charge in [-0.15, -0.1) is 0 Å². The molecule has 0 radical (unpaired) electrons. The molecule has 2 N–H and O–H groups in total. The molecule has 2 rings (SSSR count). The summed E-state index contributed by atoms with van der Waals surface area (Å²) in [7, 11) is 1.54. The molecule has 0 bridgehead atoms. The number of nitrogens with one attached hydrogen (secondary N) is 2. The van der Waals surface area contributed by atoms with Gasteiger partial charge in [0.1, 0.15) is 6.04 Å². The van der Waals surface area contributed by atoms with Gasteiger partial charge in [0.2, 0.25) is 17.7 Å². The van der Waals surface area contributed by atoms with Crippen molar-refractivity contribution in [3.8, 4) is 5.06 Å². The van der Waals surface area contributed by atoms with Crippen molar-refractivity contribution >= 4 is 45.0 Å². The summed E-state index contributed by atoms with van der Waals surface area (Å²) in [6.07, 6.45) is 0.702. The average molecular weight is 361 g/mol. The van der Waals surface area contributed by atoms with Crippen LogP contribution in [0.3, 0.4) is 0 Å². The Morgan fingerprint density at radius 1 is 1.60 bits per heavy atom. The summed E-state index contributed by atoms with van der Waals surface area (Å²) in [6.45, 7) is 0. The molecule has 1 aromatic heterocycles. The highest BCUT2D eigenvalue weighted by Gasteiger charge is 2.28. The van der Waals surface area contributed by atoms with Gasteiger partial charge in [0.15, 0.2) is 5.06 Å². The zero-order chi connectivity index (χ0) is 14.7. The quantitative estimate of drug-likeness (QED) is 0.784. The topological polar surface area (TPSA) is 84.5 Å². The van der Waals surface area contributed by atoms with Gasteiger partial charge in [0.05, 0.1) is 17.3 Å². The third-order valence-corrected chi connectivity index (χ3v) is 4.49. The van der Waals surface area contributed by atoms with Gasteiger partial charge < -0.3 is 10.1 Å². The lowest BCUT2D eigenvalue weighted by Crippen LogP contribution is -2.52. The lowest BCUT2D eigenvalue weighted by Gasteiger charge is -2.21. The van der Waals surface area contributed by atoms with Crippen molar-refractivity contribution in [1.82, 2.24) is 10.6 Å². The highest BCUT2D eigenvalue weighted by Crippen LogP contribution is 2.34. The fourth-order valence-corrected chi connectivity index (χ4v) is 3.37. The van der Waals surface area contributed by atoms with Gasteiger partial charge in [-0.1, -0.05) is 11.3 Å². The van der Waals surface area contributed by atoms with E-state index in [0.29, 0.717) is 11.5 Å². The van der Waals surface area contributed by atoms with Crippen LogP contribution in [0.4, 0.5) is 0 Å². The van der Waals surface area contributed by atoms with E-state index < -0.39 is 11.9 Å². The van der Waals surface area contributed by atoms with Crippen molar-refractivity contribution in [2.24, 2.45) is 0 Å². The van der Waals surface area contributed by atoms with Crippen molar-refractivity contribution in [2.45, 2.75) is 25.3 Å². The highest BCUT2D eigenvalue weighted by molar-refractivity contribution is 9.11. The summed E-state index contributed by atoms with van der Waals surface area (Å²) in [5.74, 6) is -1.03. The summed E-state index contributed by atoms with van der Waals surface area (Å²) < 4.78 is 6.05. The second-order valence-corrected chi connectivity index (χ2v) is 6.71. The van der Waals surface area contributed by atoms with Crippen LogP contribution in [0.1, 0.15) is 18.4 Å². The monoisotopic (exact) mass is 360 g/mol. The summed E-state index contributed by atoms with van der Waals surface area (Å²) in [5, 5.41) is 5.49. The molecule has 1 aliphatic rings. The van der Waals surface area contributed by atoms with E-state index in [2.05, 4.69) is 26.6 Å². The Balaban J connectivity index is 1.95. The molecule has 1 atom stereocenters. The zero-order valence-corrected chi connectivity index (χ0v) is 13.1. The van der Waals surface area contributed by atoms with Gasteiger partial charge in [-0.05, 0) is 28.4 Å². The first-order chi connectivity index (χ1) is 9.49. The van der Waals surface area contributed by atoms with Crippen LogP contribution in [-0.4, -0.2) is 30.9 Å². The maximum absolute atomic E-state index is 11.9. The van der Waals surface area contributed by atoms with Crippen molar-refractivity contribution in [1.29, 1.82) is 0 Å². The molecule has 0 saturated carbocycles. The van der Waals surface area contributed by atoms with E-state index >= 15 is 0 Å². The number of hydrogen-bond donors (Lipinski definition) is 2. The minimum Gasteiger partial charge on any atom is -0.487 e. The van der Waals surface area contributed by atoms with Gasteiger partial charge in [-0.3, -0.25) is 19.7 Å². The minimum atomic E-state index is -0.645. The molecule has 1 aliphatic heterocycles. The van der Waals surface area contributed by atoms with Crippen molar-refractivity contribution in [3.63, 3.8) is 0 Å². The van der Waals surface area contributed by atoms with E-state index in [1.165, 1.54) is 11.3 Å². The lowest BCUT2D eigenvalue weighted by molar-refractivity contribution is -0.137. The first-order valence-electron chi connectivity index (χ1n) is 5.95. The number of halogens is 1. The Hall–Kier alpha value is -1.41. The van der Waals surface area contributed by atoms with Crippen LogP contribution < -0.4 is 15.4 Å². The van der Waals surface area contributed by atoms with E-state index in [1.54, 1.807) is 7.11 Å². The minimum absolute atomic E-state index is 0.128. The fraction of sp³-hybridized carbons (Fsp3) is 0.417. The second kappa shape index (κ2) is 6.36. The summed E-state index contributed by atoms with van der Waals surface area (Å²) in [6, 6.07) is 1.17. The molecule has 1 fully saturated rings. The van der Waals surface area contributed by atoms with Crippen molar-refractivity contribution in [2.75, 3.05) is 7.11 Å². The molecule has 20 heavy (non-hydrogen) atoms. The van der Waals surface area contributed by atoms with Crippen molar-refractivity contribution < 1.29 is 19.1 Å². The Morgan fingerprint density at radius 3 is 3.00 bits per heavy atom. The summed E-state index contributed by atoms with van der Waals surface area (Å²) in [4.78, 5) is 34.5. The largest absolute Gasteiger partial charge is 0.487 e. The number of carbonyl (C=O) groups excluding carboxylic acids is 3. The highest BCUT2D eigenvalue weighted by atomic mass is 79.9. The Kier molecular flexibility index (Phi) is 4.77. The van der Waals surface area contributed by atoms with Crippen LogP contribution in [0.25, 0.3) is 0 Å². The molecule has 0 aliphatic carbocycles. The van der Waals surface area contributed by atoms with Gasteiger partial charge in [0, 0.05) is 12.0 Å². The average Bonchev–Trinajstić information content (AvgIpc) is 2.73. The summed E-state index contributed by atoms with van der Waals surface area (Å²) >= 11 is 4.73. The number of carbonyl (C=O) groups is 3. The maximum Gasteiger partial charge on any atom is 0.249 e. The molecular weight excluding hydrogens is 348 g/mol. The zero-order valence-electron chi connectivity index (χ0n) is 10.7. The number of hydrogen-bond acceptors (Lipinski definition) is 5. The van der Waals surface area contributed by atoms with E-state index in [4.69, 9.17) is 4.74 Å². The molecule has 108 valence electrons. The van der Waals surface area contributed by atoms with Gasteiger partial charge in [0.25, 0.3) is 0 Å². The van der Waals surface area contributed by atoms with Crippen LogP contribution in [-0.2, 0) is 20.8 Å². The van der Waals surface area contributed by atoms with Gasteiger partial charge in [-0.2, -0.15) is 0 Å². The number of rotatable bonds is 4. The molecule has 1 saturated heterocycles. The van der Waals surface area contributed by atoms with Crippen LogP contribution in [0.5, 0.6) is 5.06 Å². The predicted molar refractivity (Wildman–Crippen MR) is 76.6 cm³/mol. The van der Waals surface area contributed by atoms with E-state index in [0.717, 1.165) is 9.35 Å². The SMILES string of the molecule is COc1sc(Br)cc1CC(=O)NC1CCC(=O)NC1=O. The number of piperidine rings is 1. The fourth-order valence-electron chi connectivity index (χ4n) is 1.93. The predicted octanol–water partition coefficient (Wildman–Crippen LogP) is 0.983. The van der Waals surface area contributed by atoms with E-state index in [1.807, 2.05) is 6.07 Å². The van der Waals surface area contributed by atoms with Crippen LogP contribution in [0, 0.1) is 0 Å². The van der Waals surface area contributed by atoms with Gasteiger partial charge in [-0.25, -0.2) is 0 Å². The lowest BCUT2D eigenvalue weighted by atomic mass is 10.1. The van der Waals surface area contributed by atoms with Crippen molar-refractivity contribution in [3.05, 3.63) is 15.4 Å². The smallest absolute Gasteiger partial charge is 0.249 e. The van der Waals surface area contributed by atoms with Crippen LogP contribution in [0.15, 0.2) is 9.85 Å². The first kappa shape index (κ1) is 15.0.